The molecule has 0 aliphatic heterocycles. The van der Waals surface area contributed by atoms with Gasteiger partial charge in [0, 0.05) is 35.7 Å². The van der Waals surface area contributed by atoms with Crippen LogP contribution < -0.4 is 15.4 Å². The molecule has 0 aromatic heterocycles. The smallest absolute Gasteiger partial charge is 0.328 e. The number of ether oxygens (including phenoxy) is 2. The van der Waals surface area contributed by atoms with E-state index in [-0.39, 0.29) is 17.6 Å². The average molecular weight is 635 g/mol. The second-order valence-electron chi connectivity index (χ2n) is 11.7. The molecule has 4 aromatic carbocycles. The van der Waals surface area contributed by atoms with Crippen molar-refractivity contribution in [3.05, 3.63) is 131 Å². The highest BCUT2D eigenvalue weighted by Gasteiger charge is 2.23. The minimum atomic E-state index is -0.701. The SMILES string of the molecule is CCCCCC(Cc1ccccc1)C(=O)NCCCOc1ccc(CC(Nc2ccccc2C(=O)c2ccccc2)C(=O)OC)cc1. The summed E-state index contributed by atoms with van der Waals surface area (Å²) in [6, 6.07) is 33.3. The maximum absolute atomic E-state index is 13.2. The van der Waals surface area contributed by atoms with Gasteiger partial charge < -0.3 is 20.1 Å². The first kappa shape index (κ1) is 35.0. The largest absolute Gasteiger partial charge is 0.494 e. The molecule has 0 radical (unpaired) electrons. The van der Waals surface area contributed by atoms with E-state index in [1.54, 1.807) is 30.3 Å². The number of benzene rings is 4. The van der Waals surface area contributed by atoms with Crippen LogP contribution in [0.3, 0.4) is 0 Å². The van der Waals surface area contributed by atoms with Crippen LogP contribution in [-0.4, -0.2) is 44.0 Å². The molecule has 246 valence electrons. The highest BCUT2D eigenvalue weighted by Crippen LogP contribution is 2.22. The van der Waals surface area contributed by atoms with Crippen LogP contribution in [0.25, 0.3) is 0 Å². The van der Waals surface area contributed by atoms with E-state index in [4.69, 9.17) is 9.47 Å². The number of methoxy groups -OCH3 is 1. The zero-order chi connectivity index (χ0) is 33.3. The second kappa shape index (κ2) is 18.9. The molecular weight excluding hydrogens is 588 g/mol. The molecule has 0 heterocycles. The molecule has 0 fully saturated rings. The van der Waals surface area contributed by atoms with Gasteiger partial charge in [0.25, 0.3) is 0 Å². The van der Waals surface area contributed by atoms with Crippen molar-refractivity contribution in [1.29, 1.82) is 0 Å². The van der Waals surface area contributed by atoms with E-state index in [0.717, 1.165) is 37.7 Å². The summed E-state index contributed by atoms with van der Waals surface area (Å²) in [6.45, 7) is 3.20. The van der Waals surface area contributed by atoms with E-state index in [9.17, 15) is 14.4 Å². The predicted octanol–water partition coefficient (Wildman–Crippen LogP) is 7.44. The van der Waals surface area contributed by atoms with Gasteiger partial charge in [-0.05, 0) is 54.7 Å². The van der Waals surface area contributed by atoms with Gasteiger partial charge in [-0.25, -0.2) is 4.79 Å². The first-order chi connectivity index (χ1) is 23.0. The minimum Gasteiger partial charge on any atom is -0.494 e. The minimum absolute atomic E-state index is 0.0291. The third-order valence-corrected chi connectivity index (χ3v) is 8.13. The molecule has 0 aliphatic carbocycles. The molecule has 1 amide bonds. The van der Waals surface area contributed by atoms with E-state index >= 15 is 0 Å². The third-order valence-electron chi connectivity index (χ3n) is 8.13. The first-order valence-corrected chi connectivity index (χ1v) is 16.5. The Hall–Kier alpha value is -4.91. The monoisotopic (exact) mass is 634 g/mol. The molecule has 4 aromatic rings. The highest BCUT2D eigenvalue weighted by atomic mass is 16.5. The number of carbonyl (C=O) groups excluding carboxylic acids is 3. The molecule has 0 saturated heterocycles. The summed E-state index contributed by atoms with van der Waals surface area (Å²) in [5, 5.41) is 6.36. The maximum Gasteiger partial charge on any atom is 0.328 e. The zero-order valence-corrected chi connectivity index (χ0v) is 27.5. The standard InChI is InChI=1S/C40H46N2O5/c1-3-4-7-19-33(28-30-15-8-5-9-16-30)39(44)41-26-14-27-47-34-24-22-31(23-25-34)29-37(40(45)46-2)42-36-21-13-12-20-35(36)38(43)32-17-10-6-11-18-32/h5-6,8-13,15-18,20-25,33,37,42H,3-4,7,14,19,26-29H2,1-2H3,(H,41,44). The lowest BCUT2D eigenvalue weighted by atomic mass is 9.93. The fraction of sp³-hybridized carbons (Fsp3) is 0.325. The molecule has 0 saturated carbocycles. The lowest BCUT2D eigenvalue weighted by molar-refractivity contribution is -0.141. The number of hydrogen-bond donors (Lipinski definition) is 2. The molecule has 0 spiro atoms. The van der Waals surface area contributed by atoms with Gasteiger partial charge in [-0.1, -0.05) is 111 Å². The Labute approximate surface area is 278 Å². The van der Waals surface area contributed by atoms with Crippen LogP contribution in [0.5, 0.6) is 5.75 Å². The molecule has 47 heavy (non-hydrogen) atoms. The lowest BCUT2D eigenvalue weighted by Gasteiger charge is -2.20. The van der Waals surface area contributed by atoms with Crippen LogP contribution in [-0.2, 0) is 27.2 Å². The third kappa shape index (κ3) is 11.1. The number of rotatable bonds is 19. The lowest BCUT2D eigenvalue weighted by Crippen LogP contribution is -2.33. The number of para-hydroxylation sites is 1. The highest BCUT2D eigenvalue weighted by molar-refractivity contribution is 6.12. The van der Waals surface area contributed by atoms with E-state index in [1.807, 2.05) is 66.7 Å². The van der Waals surface area contributed by atoms with E-state index in [2.05, 4.69) is 29.7 Å². The zero-order valence-electron chi connectivity index (χ0n) is 27.5. The summed E-state index contributed by atoms with van der Waals surface area (Å²) in [5.74, 6) is 0.236. The fourth-order valence-corrected chi connectivity index (χ4v) is 5.52. The average Bonchev–Trinajstić information content (AvgIpc) is 3.11. The van der Waals surface area contributed by atoms with Crippen molar-refractivity contribution < 1.29 is 23.9 Å². The topological polar surface area (TPSA) is 93.7 Å². The van der Waals surface area contributed by atoms with Crippen LogP contribution in [0.4, 0.5) is 5.69 Å². The summed E-state index contributed by atoms with van der Waals surface area (Å²) in [5.41, 5.74) is 3.72. The van der Waals surface area contributed by atoms with Gasteiger partial charge in [-0.3, -0.25) is 9.59 Å². The van der Waals surface area contributed by atoms with E-state index in [1.165, 1.54) is 12.7 Å². The van der Waals surface area contributed by atoms with Crippen molar-refractivity contribution in [3.8, 4) is 5.75 Å². The Morgan fingerprint density at radius 1 is 0.723 bits per heavy atom. The number of nitrogens with one attached hydrogen (secondary N) is 2. The quantitative estimate of drug-likeness (QED) is 0.0633. The summed E-state index contributed by atoms with van der Waals surface area (Å²) in [4.78, 5) is 39.0. The van der Waals surface area contributed by atoms with Gasteiger partial charge in [-0.15, -0.1) is 0 Å². The summed E-state index contributed by atoms with van der Waals surface area (Å²) >= 11 is 0. The Balaban J connectivity index is 1.27. The Bertz CT molecular complexity index is 1540. The number of unbranched alkanes of at least 4 members (excludes halogenated alkanes) is 2. The van der Waals surface area contributed by atoms with Gasteiger partial charge in [0.2, 0.25) is 5.91 Å². The van der Waals surface area contributed by atoms with Crippen LogP contribution in [0.1, 0.15) is 66.1 Å². The van der Waals surface area contributed by atoms with E-state index in [0.29, 0.717) is 48.6 Å². The van der Waals surface area contributed by atoms with Crippen molar-refractivity contribution in [3.63, 3.8) is 0 Å². The van der Waals surface area contributed by atoms with Crippen LogP contribution in [0.2, 0.25) is 0 Å². The number of carbonyl (C=O) groups is 3. The number of hydrogen-bond acceptors (Lipinski definition) is 6. The molecule has 2 atom stereocenters. The van der Waals surface area contributed by atoms with Gasteiger partial charge in [0.1, 0.15) is 11.8 Å². The molecule has 4 rings (SSSR count). The van der Waals surface area contributed by atoms with Gasteiger partial charge in [-0.2, -0.15) is 0 Å². The van der Waals surface area contributed by atoms with Crippen molar-refractivity contribution in [2.24, 2.45) is 5.92 Å². The second-order valence-corrected chi connectivity index (χ2v) is 11.7. The van der Waals surface area contributed by atoms with Crippen LogP contribution >= 0.6 is 0 Å². The van der Waals surface area contributed by atoms with Gasteiger partial charge in [0.05, 0.1) is 13.7 Å². The van der Waals surface area contributed by atoms with Crippen molar-refractivity contribution in [2.75, 3.05) is 25.6 Å². The van der Waals surface area contributed by atoms with Crippen LogP contribution in [0, 0.1) is 5.92 Å². The first-order valence-electron chi connectivity index (χ1n) is 16.5. The normalized spacial score (nSPS) is 12.0. The number of esters is 1. The summed E-state index contributed by atoms with van der Waals surface area (Å²) < 4.78 is 11.0. The number of anilines is 1. The number of amides is 1. The summed E-state index contributed by atoms with van der Waals surface area (Å²) in [7, 11) is 1.35. The van der Waals surface area contributed by atoms with E-state index < -0.39 is 12.0 Å². The molecule has 2 unspecified atom stereocenters. The van der Waals surface area contributed by atoms with Crippen molar-refractivity contribution >= 4 is 23.3 Å². The van der Waals surface area contributed by atoms with Gasteiger partial charge >= 0.3 is 5.97 Å². The maximum atomic E-state index is 13.2. The molecular formula is C40H46N2O5. The Morgan fingerprint density at radius 3 is 2.09 bits per heavy atom. The fourth-order valence-electron chi connectivity index (χ4n) is 5.52. The molecule has 7 heteroatoms. The Kier molecular flexibility index (Phi) is 14.1. The van der Waals surface area contributed by atoms with Crippen LogP contribution in [0.15, 0.2) is 109 Å². The van der Waals surface area contributed by atoms with Crippen molar-refractivity contribution in [1.82, 2.24) is 5.32 Å². The predicted molar refractivity (Wildman–Crippen MR) is 187 cm³/mol. The molecule has 0 bridgehead atoms. The molecule has 2 N–H and O–H groups in total. The van der Waals surface area contributed by atoms with Crippen molar-refractivity contribution in [2.45, 2.75) is 57.9 Å². The molecule has 7 nitrogen and oxygen atoms in total. The molecule has 0 aliphatic rings. The number of ketones is 1. The Morgan fingerprint density at radius 2 is 1.38 bits per heavy atom. The summed E-state index contributed by atoms with van der Waals surface area (Å²) in [6.07, 6.45) is 6.01. The van der Waals surface area contributed by atoms with Gasteiger partial charge in [0.15, 0.2) is 5.78 Å².